The minimum absolute atomic E-state index is 0.0926. The molecule has 0 radical (unpaired) electrons. The molecule has 1 aromatic rings. The maximum absolute atomic E-state index is 6.31. The monoisotopic (exact) mass is 323 g/mol. The van der Waals surface area contributed by atoms with E-state index in [2.05, 4.69) is 27.3 Å². The molecule has 3 rings (SSSR count). The second-order valence-corrected chi connectivity index (χ2v) is 6.92. The summed E-state index contributed by atoms with van der Waals surface area (Å²) >= 11 is 6.31. The molecule has 1 fully saturated rings. The van der Waals surface area contributed by atoms with E-state index in [0.29, 0.717) is 17.8 Å². The number of anilines is 1. The van der Waals surface area contributed by atoms with Crippen LogP contribution < -0.4 is 5.32 Å². The van der Waals surface area contributed by atoms with E-state index in [-0.39, 0.29) is 5.38 Å². The van der Waals surface area contributed by atoms with E-state index >= 15 is 0 Å². The van der Waals surface area contributed by atoms with Crippen molar-refractivity contribution in [2.45, 2.75) is 70.2 Å². The summed E-state index contributed by atoms with van der Waals surface area (Å²) in [6.45, 7) is 4.06. The quantitative estimate of drug-likeness (QED) is 0.577. The van der Waals surface area contributed by atoms with Crippen molar-refractivity contribution < 1.29 is 0 Å². The molecular formula is C16H26ClN5. The number of fused-ring (bicyclic) bond motifs is 2. The standard InChI is InChI=1S/C16H26ClN5/c1-2-3-4-5-6-7-10-18-15-20-16-19-14-12(8-9-13(14)17)11-22(16)21-15/h12-13H,2-11H2,1H3,(H,18,21). The van der Waals surface area contributed by atoms with E-state index in [1.807, 2.05) is 4.68 Å². The van der Waals surface area contributed by atoms with Crippen LogP contribution in [0.5, 0.6) is 0 Å². The number of aromatic nitrogens is 3. The van der Waals surface area contributed by atoms with Gasteiger partial charge in [-0.05, 0) is 19.3 Å². The summed E-state index contributed by atoms with van der Waals surface area (Å²) < 4.78 is 1.92. The Morgan fingerprint density at radius 1 is 1.18 bits per heavy atom. The van der Waals surface area contributed by atoms with Gasteiger partial charge >= 0.3 is 0 Å². The molecule has 2 aliphatic rings. The molecule has 1 aliphatic heterocycles. The first-order valence-electron chi connectivity index (χ1n) is 8.69. The highest BCUT2D eigenvalue weighted by molar-refractivity contribution is 6.33. The van der Waals surface area contributed by atoms with Crippen molar-refractivity contribution in [2.24, 2.45) is 10.9 Å². The highest BCUT2D eigenvalue weighted by atomic mass is 35.5. The van der Waals surface area contributed by atoms with Crippen molar-refractivity contribution in [3.63, 3.8) is 0 Å². The molecule has 0 spiro atoms. The largest absolute Gasteiger partial charge is 0.353 e. The van der Waals surface area contributed by atoms with Crippen molar-refractivity contribution >= 4 is 29.2 Å². The predicted molar refractivity (Wildman–Crippen MR) is 91.3 cm³/mol. The zero-order valence-electron chi connectivity index (χ0n) is 13.4. The fourth-order valence-electron chi connectivity index (χ4n) is 3.29. The fraction of sp³-hybridized carbons (Fsp3) is 0.812. The van der Waals surface area contributed by atoms with Gasteiger partial charge in [-0.1, -0.05) is 39.0 Å². The minimum atomic E-state index is 0.0926. The molecule has 2 atom stereocenters. The van der Waals surface area contributed by atoms with Gasteiger partial charge in [0.05, 0.1) is 11.9 Å². The Kier molecular flexibility index (Phi) is 5.34. The van der Waals surface area contributed by atoms with Gasteiger partial charge in [0, 0.05) is 18.2 Å². The molecule has 2 unspecified atom stereocenters. The van der Waals surface area contributed by atoms with Gasteiger partial charge in [-0.15, -0.1) is 16.7 Å². The van der Waals surface area contributed by atoms with Crippen molar-refractivity contribution in [2.75, 3.05) is 11.9 Å². The summed E-state index contributed by atoms with van der Waals surface area (Å²) in [5.74, 6) is 1.88. The third-order valence-electron chi connectivity index (χ3n) is 4.60. The summed E-state index contributed by atoms with van der Waals surface area (Å²) in [5, 5.41) is 7.94. The number of halogens is 1. The molecule has 0 bridgehead atoms. The third kappa shape index (κ3) is 3.62. The highest BCUT2D eigenvalue weighted by Gasteiger charge is 2.35. The van der Waals surface area contributed by atoms with Gasteiger partial charge in [0.15, 0.2) is 0 Å². The maximum Gasteiger partial charge on any atom is 0.249 e. The Labute approximate surface area is 137 Å². The lowest BCUT2D eigenvalue weighted by Crippen LogP contribution is -2.24. The Balaban J connectivity index is 1.46. The molecule has 1 aliphatic carbocycles. The Hall–Kier alpha value is -1.10. The van der Waals surface area contributed by atoms with Crippen LogP contribution in [0, 0.1) is 5.92 Å². The van der Waals surface area contributed by atoms with Gasteiger partial charge < -0.3 is 5.32 Å². The molecule has 2 heterocycles. The molecule has 1 saturated carbocycles. The second kappa shape index (κ2) is 7.44. The molecule has 0 saturated heterocycles. The van der Waals surface area contributed by atoms with E-state index in [0.717, 1.165) is 31.6 Å². The first-order valence-corrected chi connectivity index (χ1v) is 9.13. The third-order valence-corrected chi connectivity index (χ3v) is 5.04. The highest BCUT2D eigenvalue weighted by Crippen LogP contribution is 2.34. The Bertz CT molecular complexity index is 525. The molecule has 0 amide bonds. The average Bonchev–Trinajstić information content (AvgIpc) is 3.07. The number of nitrogens with zero attached hydrogens (tertiary/aromatic N) is 4. The summed E-state index contributed by atoms with van der Waals surface area (Å²) in [6.07, 6.45) is 9.93. The molecule has 122 valence electrons. The lowest BCUT2D eigenvalue weighted by atomic mass is 10.1. The number of rotatable bonds is 8. The SMILES string of the molecule is CCCCCCCCNc1nc2n(n1)CC1CCC(Cl)C1=N2. The van der Waals surface area contributed by atoms with Crippen LogP contribution in [0.4, 0.5) is 11.9 Å². The minimum Gasteiger partial charge on any atom is -0.353 e. The van der Waals surface area contributed by atoms with Gasteiger partial charge in [-0.25, -0.2) is 9.67 Å². The lowest BCUT2D eigenvalue weighted by Gasteiger charge is -2.17. The molecule has 1 N–H and O–H groups in total. The second-order valence-electron chi connectivity index (χ2n) is 6.39. The van der Waals surface area contributed by atoms with Crippen LogP contribution in [-0.2, 0) is 6.54 Å². The molecule has 6 heteroatoms. The topological polar surface area (TPSA) is 55.1 Å². The van der Waals surface area contributed by atoms with Crippen LogP contribution in [0.3, 0.4) is 0 Å². The summed E-state index contributed by atoms with van der Waals surface area (Å²) in [7, 11) is 0. The Morgan fingerprint density at radius 2 is 2.00 bits per heavy atom. The number of aliphatic imine (C=N–C) groups is 1. The molecule has 1 aromatic heterocycles. The maximum atomic E-state index is 6.31. The van der Waals surface area contributed by atoms with Gasteiger partial charge in [0.1, 0.15) is 0 Å². The van der Waals surface area contributed by atoms with Crippen molar-refractivity contribution in [1.29, 1.82) is 0 Å². The Morgan fingerprint density at radius 3 is 2.86 bits per heavy atom. The first kappa shape index (κ1) is 15.8. The van der Waals surface area contributed by atoms with Gasteiger partial charge in [0.25, 0.3) is 0 Å². The number of hydrogen-bond donors (Lipinski definition) is 1. The zero-order chi connectivity index (χ0) is 15.4. The van der Waals surface area contributed by atoms with Crippen LogP contribution in [0.2, 0.25) is 0 Å². The van der Waals surface area contributed by atoms with Crippen LogP contribution in [0.1, 0.15) is 58.3 Å². The number of hydrogen-bond acceptors (Lipinski definition) is 4. The van der Waals surface area contributed by atoms with Crippen LogP contribution in [-0.4, -0.2) is 32.4 Å². The average molecular weight is 324 g/mol. The smallest absolute Gasteiger partial charge is 0.249 e. The molecule has 0 aromatic carbocycles. The fourth-order valence-corrected chi connectivity index (χ4v) is 3.64. The molecule has 5 nitrogen and oxygen atoms in total. The number of nitrogens with one attached hydrogen (secondary N) is 1. The molecular weight excluding hydrogens is 298 g/mol. The van der Waals surface area contributed by atoms with E-state index < -0.39 is 0 Å². The van der Waals surface area contributed by atoms with Gasteiger partial charge in [-0.2, -0.15) is 4.98 Å². The summed E-state index contributed by atoms with van der Waals surface area (Å²) in [6, 6.07) is 0. The van der Waals surface area contributed by atoms with E-state index in [1.165, 1.54) is 38.5 Å². The predicted octanol–water partition coefficient (Wildman–Crippen LogP) is 4.15. The van der Waals surface area contributed by atoms with Crippen LogP contribution >= 0.6 is 11.6 Å². The number of alkyl halides is 1. The summed E-state index contributed by atoms with van der Waals surface area (Å²) in [5.41, 5.74) is 1.11. The first-order chi connectivity index (χ1) is 10.8. The van der Waals surface area contributed by atoms with Crippen molar-refractivity contribution in [3.05, 3.63) is 0 Å². The normalized spacial score (nSPS) is 23.1. The number of unbranched alkanes of at least 4 members (excludes halogenated alkanes) is 5. The van der Waals surface area contributed by atoms with Crippen LogP contribution in [0.15, 0.2) is 4.99 Å². The van der Waals surface area contributed by atoms with Gasteiger partial charge in [-0.3, -0.25) is 0 Å². The van der Waals surface area contributed by atoms with E-state index in [4.69, 9.17) is 11.6 Å². The van der Waals surface area contributed by atoms with E-state index in [1.54, 1.807) is 0 Å². The zero-order valence-corrected chi connectivity index (χ0v) is 14.1. The van der Waals surface area contributed by atoms with E-state index in [9.17, 15) is 0 Å². The van der Waals surface area contributed by atoms with Crippen molar-refractivity contribution in [3.8, 4) is 0 Å². The van der Waals surface area contributed by atoms with Crippen LogP contribution in [0.25, 0.3) is 0 Å². The van der Waals surface area contributed by atoms with Crippen molar-refractivity contribution in [1.82, 2.24) is 14.8 Å². The van der Waals surface area contributed by atoms with Gasteiger partial charge in [0.2, 0.25) is 11.9 Å². The lowest BCUT2D eigenvalue weighted by molar-refractivity contribution is 0.498. The molecule has 22 heavy (non-hydrogen) atoms. The summed E-state index contributed by atoms with van der Waals surface area (Å²) in [4.78, 5) is 9.11.